The molecule has 4 rings (SSSR count). The number of carbonyl (C=O) groups is 1. The molecule has 7 nitrogen and oxygen atoms in total. The number of methoxy groups -OCH3 is 1. The minimum absolute atomic E-state index is 0.0508. The largest absolute Gasteiger partial charge is 0.497 e. The number of nitrogens with zero attached hydrogens (tertiary/aromatic N) is 3. The molecule has 0 unspecified atom stereocenters. The number of aliphatic hydroxyl groups excluding tert-OH is 1. The number of rotatable bonds is 9. The van der Waals surface area contributed by atoms with E-state index in [2.05, 4.69) is 34.0 Å². The van der Waals surface area contributed by atoms with Crippen LogP contribution in [0.25, 0.3) is 0 Å². The van der Waals surface area contributed by atoms with Gasteiger partial charge < -0.3 is 20.1 Å². The van der Waals surface area contributed by atoms with E-state index in [-0.39, 0.29) is 30.6 Å². The highest BCUT2D eigenvalue weighted by Gasteiger charge is 2.46. The first-order valence-corrected chi connectivity index (χ1v) is 13.1. The maximum atomic E-state index is 12.5. The highest BCUT2D eigenvalue weighted by Crippen LogP contribution is 2.39. The van der Waals surface area contributed by atoms with Gasteiger partial charge in [0, 0.05) is 60.3 Å². The summed E-state index contributed by atoms with van der Waals surface area (Å²) in [6.07, 6.45) is 3.64. The summed E-state index contributed by atoms with van der Waals surface area (Å²) in [5.74, 6) is 7.27. The Kier molecular flexibility index (Phi) is 9.36. The highest BCUT2D eigenvalue weighted by molar-refractivity contribution is 5.89. The Morgan fingerprint density at radius 3 is 2.45 bits per heavy atom. The molecular weight excluding hydrogens is 476 g/mol. The molecule has 0 spiro atoms. The number of aliphatic hydroxyl groups is 1. The molecule has 1 aliphatic heterocycles. The molecule has 1 aliphatic rings. The van der Waals surface area contributed by atoms with Gasteiger partial charge in [0.05, 0.1) is 13.7 Å². The Labute approximate surface area is 225 Å². The van der Waals surface area contributed by atoms with Crippen LogP contribution >= 0.6 is 0 Å². The van der Waals surface area contributed by atoms with Gasteiger partial charge in [-0.15, -0.1) is 0 Å². The lowest BCUT2D eigenvalue weighted by Gasteiger charge is -2.53. The summed E-state index contributed by atoms with van der Waals surface area (Å²) in [4.78, 5) is 21.2. The average molecular weight is 513 g/mol. The first kappa shape index (κ1) is 27.2. The summed E-state index contributed by atoms with van der Waals surface area (Å²) >= 11 is 0. The number of amides is 2. The van der Waals surface area contributed by atoms with Crippen LogP contribution in [-0.2, 0) is 0 Å². The van der Waals surface area contributed by atoms with Crippen molar-refractivity contribution >= 4 is 11.7 Å². The molecule has 0 aliphatic carbocycles. The molecular formula is C31H36N4O3. The average Bonchev–Trinajstić information content (AvgIpc) is 2.95. The van der Waals surface area contributed by atoms with Gasteiger partial charge in [0.25, 0.3) is 0 Å². The van der Waals surface area contributed by atoms with Gasteiger partial charge >= 0.3 is 6.03 Å². The molecule has 0 saturated carbocycles. The van der Waals surface area contributed by atoms with E-state index in [0.29, 0.717) is 6.54 Å². The van der Waals surface area contributed by atoms with Gasteiger partial charge in [-0.25, -0.2) is 4.79 Å². The van der Waals surface area contributed by atoms with Crippen LogP contribution in [0.4, 0.5) is 10.5 Å². The number of pyridine rings is 1. The second kappa shape index (κ2) is 13.1. The van der Waals surface area contributed by atoms with Crippen LogP contribution < -0.4 is 10.1 Å². The predicted molar refractivity (Wildman–Crippen MR) is 150 cm³/mol. The Morgan fingerprint density at radius 1 is 1.05 bits per heavy atom. The molecule has 3 aromatic rings. The monoisotopic (exact) mass is 512 g/mol. The van der Waals surface area contributed by atoms with E-state index in [1.807, 2.05) is 72.9 Å². The molecule has 1 aromatic heterocycles. The lowest BCUT2D eigenvalue weighted by Crippen LogP contribution is -2.62. The van der Waals surface area contributed by atoms with Gasteiger partial charge in [0.15, 0.2) is 0 Å². The highest BCUT2D eigenvalue weighted by atomic mass is 16.5. The maximum Gasteiger partial charge on any atom is 0.321 e. The van der Waals surface area contributed by atoms with E-state index in [1.54, 1.807) is 19.1 Å². The van der Waals surface area contributed by atoms with Crippen molar-refractivity contribution in [2.24, 2.45) is 0 Å². The summed E-state index contributed by atoms with van der Waals surface area (Å²) in [6, 6.07) is 21.4. The zero-order valence-electron chi connectivity index (χ0n) is 22.3. The quantitative estimate of drug-likeness (QED) is 0.324. The summed E-state index contributed by atoms with van der Waals surface area (Å²) in [5, 5.41) is 13.0. The number of benzene rings is 2. The number of anilines is 1. The smallest absolute Gasteiger partial charge is 0.321 e. The van der Waals surface area contributed by atoms with Gasteiger partial charge in [0.2, 0.25) is 0 Å². The third kappa shape index (κ3) is 6.71. The number of ether oxygens (including phenoxy) is 1. The van der Waals surface area contributed by atoms with Crippen LogP contribution in [0.15, 0.2) is 72.9 Å². The minimum Gasteiger partial charge on any atom is -0.497 e. The molecule has 1 saturated heterocycles. The normalized spacial score (nSPS) is 18.6. The van der Waals surface area contributed by atoms with E-state index in [0.717, 1.165) is 47.6 Å². The molecule has 2 amide bonds. The fourth-order valence-electron chi connectivity index (χ4n) is 4.95. The topological polar surface area (TPSA) is 77.9 Å². The Morgan fingerprint density at radius 2 is 1.79 bits per heavy atom. The number of nitrogens with one attached hydrogen (secondary N) is 1. The van der Waals surface area contributed by atoms with Crippen molar-refractivity contribution < 1.29 is 14.6 Å². The van der Waals surface area contributed by atoms with Gasteiger partial charge in [0.1, 0.15) is 5.75 Å². The number of hydrogen-bond acceptors (Lipinski definition) is 5. The van der Waals surface area contributed by atoms with E-state index in [1.165, 1.54) is 0 Å². The standard InChI is InChI=1S/C31H36N4O3/c1-23-30(28-18-13-25(21-32-28)12-11-24-9-5-4-6-10-24)29(22-36)35(23)20-8-7-19-34(2)31(37)33-26-14-16-27(38-3)17-15-26/h4-6,9-10,13-18,21,23,29-30,36H,7-8,19-20,22H2,1-3H3,(H,33,37)/t23-,29+,30-/m0/s1. The summed E-state index contributed by atoms with van der Waals surface area (Å²) in [5.41, 5.74) is 3.58. The lowest BCUT2D eigenvalue weighted by molar-refractivity contribution is -0.0368. The molecule has 198 valence electrons. The number of aromatic nitrogens is 1. The zero-order valence-corrected chi connectivity index (χ0v) is 22.3. The van der Waals surface area contributed by atoms with Crippen molar-refractivity contribution in [2.45, 2.75) is 37.8 Å². The molecule has 7 heteroatoms. The summed E-state index contributed by atoms with van der Waals surface area (Å²) in [7, 11) is 3.42. The molecule has 2 aromatic carbocycles. The fourth-order valence-corrected chi connectivity index (χ4v) is 4.95. The van der Waals surface area contributed by atoms with E-state index < -0.39 is 0 Å². The summed E-state index contributed by atoms with van der Waals surface area (Å²) < 4.78 is 5.15. The molecule has 0 bridgehead atoms. The predicted octanol–water partition coefficient (Wildman–Crippen LogP) is 4.58. The first-order valence-electron chi connectivity index (χ1n) is 13.1. The van der Waals surface area contributed by atoms with Crippen molar-refractivity contribution in [1.82, 2.24) is 14.8 Å². The third-order valence-electron chi connectivity index (χ3n) is 7.17. The fraction of sp³-hybridized carbons (Fsp3) is 0.355. The van der Waals surface area contributed by atoms with E-state index in [4.69, 9.17) is 4.74 Å². The second-order valence-corrected chi connectivity index (χ2v) is 9.63. The Bertz CT molecular complexity index is 1240. The number of likely N-dealkylation sites (tertiary alicyclic amines) is 1. The molecule has 1 fully saturated rings. The van der Waals surface area contributed by atoms with Gasteiger partial charge in [-0.2, -0.15) is 0 Å². The van der Waals surface area contributed by atoms with Crippen LogP contribution in [0.1, 0.15) is 42.5 Å². The molecule has 0 radical (unpaired) electrons. The Balaban J connectivity index is 1.22. The maximum absolute atomic E-state index is 12.5. The number of unbranched alkanes of at least 4 members (excludes halogenated alkanes) is 1. The van der Waals surface area contributed by atoms with Crippen molar-refractivity contribution in [2.75, 3.05) is 39.2 Å². The molecule has 38 heavy (non-hydrogen) atoms. The van der Waals surface area contributed by atoms with Crippen LogP contribution in [0.3, 0.4) is 0 Å². The van der Waals surface area contributed by atoms with Crippen molar-refractivity contribution in [3.63, 3.8) is 0 Å². The molecule has 2 heterocycles. The zero-order chi connectivity index (χ0) is 26.9. The number of hydrogen-bond donors (Lipinski definition) is 2. The van der Waals surface area contributed by atoms with Crippen LogP contribution in [0, 0.1) is 11.8 Å². The van der Waals surface area contributed by atoms with Crippen molar-refractivity contribution in [1.29, 1.82) is 0 Å². The Hall–Kier alpha value is -3.86. The van der Waals surface area contributed by atoms with Crippen molar-refractivity contribution in [3.05, 3.63) is 89.7 Å². The third-order valence-corrected chi connectivity index (χ3v) is 7.17. The van der Waals surface area contributed by atoms with E-state index >= 15 is 0 Å². The minimum atomic E-state index is -0.135. The van der Waals surface area contributed by atoms with Gasteiger partial charge in [-0.05, 0) is 74.8 Å². The number of urea groups is 1. The van der Waals surface area contributed by atoms with Crippen LogP contribution in [0.5, 0.6) is 5.75 Å². The van der Waals surface area contributed by atoms with E-state index in [9.17, 15) is 9.90 Å². The SMILES string of the molecule is COc1ccc(NC(=O)N(C)CCCCN2[C@H](CO)[C@H](c3ccc(C#Cc4ccccc4)cn3)[C@@H]2C)cc1. The van der Waals surface area contributed by atoms with Crippen LogP contribution in [0.2, 0.25) is 0 Å². The van der Waals surface area contributed by atoms with Crippen molar-refractivity contribution in [3.8, 4) is 17.6 Å². The summed E-state index contributed by atoms with van der Waals surface area (Å²) in [6.45, 7) is 3.81. The molecule has 2 N–H and O–H groups in total. The van der Waals surface area contributed by atoms with Gasteiger partial charge in [-0.1, -0.05) is 30.0 Å². The van der Waals surface area contributed by atoms with Gasteiger partial charge in [-0.3, -0.25) is 9.88 Å². The lowest BCUT2D eigenvalue weighted by atomic mass is 9.78. The molecule has 3 atom stereocenters. The number of carbonyl (C=O) groups excluding carboxylic acids is 1. The first-order chi connectivity index (χ1) is 18.5. The second-order valence-electron chi connectivity index (χ2n) is 9.63. The van der Waals surface area contributed by atoms with Crippen LogP contribution in [-0.4, -0.2) is 71.9 Å².